The molecule has 0 saturated carbocycles. The van der Waals surface area contributed by atoms with Gasteiger partial charge in [-0.2, -0.15) is 0 Å². The molecule has 4 aromatic rings. The van der Waals surface area contributed by atoms with Crippen molar-refractivity contribution in [2.75, 3.05) is 5.73 Å². The van der Waals surface area contributed by atoms with E-state index in [1.165, 1.54) is 6.33 Å². The van der Waals surface area contributed by atoms with Gasteiger partial charge in [0.25, 0.3) is 0 Å². The highest BCUT2D eigenvalue weighted by atomic mass is 16.6. The third kappa shape index (κ3) is 3.24. The maximum absolute atomic E-state index is 11.3. The van der Waals surface area contributed by atoms with Gasteiger partial charge < -0.3 is 20.7 Å². The summed E-state index contributed by atoms with van der Waals surface area (Å²) in [5.41, 5.74) is 7.70. The minimum Gasteiger partial charge on any atom is -0.388 e. The van der Waals surface area contributed by atoms with Crippen molar-refractivity contribution in [3.8, 4) is 0 Å². The molecule has 1 aliphatic rings. The third-order valence-electron chi connectivity index (χ3n) is 6.33. The number of nitrogens with two attached hydrogens (primary N) is 1. The van der Waals surface area contributed by atoms with E-state index in [9.17, 15) is 10.2 Å². The molecule has 0 aliphatic carbocycles. The largest absolute Gasteiger partial charge is 0.388 e. The van der Waals surface area contributed by atoms with Crippen molar-refractivity contribution in [1.29, 1.82) is 0 Å². The molecule has 3 heterocycles. The van der Waals surface area contributed by atoms with Crippen LogP contribution < -0.4 is 5.73 Å². The highest BCUT2D eigenvalue weighted by molar-refractivity contribution is 5.81. The Kier molecular flexibility index (Phi) is 5.13. The minimum atomic E-state index is -1.31. The topological polar surface area (TPSA) is 119 Å². The first kappa shape index (κ1) is 20.6. The predicted octanol–water partition coefficient (Wildman–Crippen LogP) is 2.42. The Morgan fingerprint density at radius 2 is 1.62 bits per heavy atom. The fourth-order valence-electron chi connectivity index (χ4n) is 4.67. The summed E-state index contributed by atoms with van der Waals surface area (Å²) in [4.78, 5) is 12.8. The number of imidazole rings is 1. The number of hydrogen-bond acceptors (Lipinski definition) is 7. The Labute approximate surface area is 185 Å². The summed E-state index contributed by atoms with van der Waals surface area (Å²) < 4.78 is 8.05. The third-order valence-corrected chi connectivity index (χ3v) is 6.33. The smallest absolute Gasteiger partial charge is 0.177 e. The van der Waals surface area contributed by atoms with Gasteiger partial charge in [0.1, 0.15) is 24.1 Å². The van der Waals surface area contributed by atoms with E-state index in [-0.39, 0.29) is 11.7 Å². The summed E-state index contributed by atoms with van der Waals surface area (Å²) in [6, 6.07) is 20.1. The summed E-state index contributed by atoms with van der Waals surface area (Å²) in [5.74, 6) is 0.119. The van der Waals surface area contributed by atoms with Gasteiger partial charge in [-0.15, -0.1) is 0 Å². The zero-order valence-electron chi connectivity index (χ0n) is 17.6. The second-order valence-electron chi connectivity index (χ2n) is 8.23. The average Bonchev–Trinajstić information content (AvgIpc) is 3.36. The fraction of sp³-hybridized carbons (Fsp3) is 0.292. The number of fused-ring (bicyclic) bond motifs is 1. The van der Waals surface area contributed by atoms with Crippen molar-refractivity contribution in [2.24, 2.45) is 0 Å². The van der Waals surface area contributed by atoms with E-state index in [0.717, 1.165) is 11.1 Å². The molecule has 0 spiro atoms. The lowest BCUT2D eigenvalue weighted by atomic mass is 9.82. The van der Waals surface area contributed by atoms with Crippen LogP contribution in [0.3, 0.4) is 0 Å². The monoisotopic (exact) mass is 431 g/mol. The van der Waals surface area contributed by atoms with Gasteiger partial charge in [0.15, 0.2) is 17.2 Å². The molecule has 1 aliphatic heterocycles. The number of nitrogen functional groups attached to an aromatic ring is 1. The summed E-state index contributed by atoms with van der Waals surface area (Å²) >= 11 is 0. The van der Waals surface area contributed by atoms with Crippen LogP contribution in [-0.4, -0.2) is 48.0 Å². The van der Waals surface area contributed by atoms with Gasteiger partial charge in [-0.25, -0.2) is 15.0 Å². The minimum absolute atomic E-state index is 0.124. The van der Waals surface area contributed by atoms with Crippen molar-refractivity contribution in [1.82, 2.24) is 19.5 Å². The second-order valence-corrected chi connectivity index (χ2v) is 8.23. The van der Waals surface area contributed by atoms with Gasteiger partial charge in [0.05, 0.1) is 12.4 Å². The molecular formula is C24H25N5O3. The molecule has 0 bridgehead atoms. The zero-order valence-corrected chi connectivity index (χ0v) is 17.6. The molecule has 164 valence electrons. The SMILES string of the molecule is C[C@H]1O[C@@](CC(c2ccccc2)c2ccccc2)(n2cnc3c(N)ncnc32)[C@H](O)[C@@H]1O. The van der Waals surface area contributed by atoms with E-state index in [1.807, 2.05) is 36.4 Å². The summed E-state index contributed by atoms with van der Waals surface area (Å²) in [5, 5.41) is 22.0. The first-order chi connectivity index (χ1) is 15.5. The number of hydrogen-bond donors (Lipinski definition) is 3. The quantitative estimate of drug-likeness (QED) is 0.444. The van der Waals surface area contributed by atoms with E-state index < -0.39 is 24.0 Å². The standard InChI is InChI=1S/C24H25N5O3/c1-15-20(30)21(31)24(32-15,29-14-28-19-22(25)26-13-27-23(19)29)12-18(16-8-4-2-5-9-16)17-10-6-3-7-11-17/h2-11,13-15,18,20-21,30-31H,12H2,1H3,(H2,25,26,27)/t15-,20-,21-,24-/m1/s1. The van der Waals surface area contributed by atoms with Crippen LogP contribution in [0.4, 0.5) is 5.82 Å². The first-order valence-electron chi connectivity index (χ1n) is 10.6. The molecule has 8 nitrogen and oxygen atoms in total. The molecule has 0 amide bonds. The molecule has 4 N–H and O–H groups in total. The number of anilines is 1. The van der Waals surface area contributed by atoms with E-state index in [2.05, 4.69) is 39.2 Å². The number of aromatic nitrogens is 4. The van der Waals surface area contributed by atoms with Gasteiger partial charge >= 0.3 is 0 Å². The van der Waals surface area contributed by atoms with Crippen molar-refractivity contribution < 1.29 is 14.9 Å². The summed E-state index contributed by atoms with van der Waals surface area (Å²) in [7, 11) is 0. The molecule has 1 fully saturated rings. The number of ether oxygens (including phenoxy) is 1. The Morgan fingerprint density at radius 3 is 2.19 bits per heavy atom. The molecule has 0 unspecified atom stereocenters. The number of aliphatic hydroxyl groups is 2. The molecule has 2 aromatic carbocycles. The van der Waals surface area contributed by atoms with Crippen molar-refractivity contribution in [2.45, 2.75) is 43.3 Å². The van der Waals surface area contributed by atoms with Crippen LogP contribution in [0.25, 0.3) is 11.2 Å². The number of benzene rings is 2. The first-order valence-corrected chi connectivity index (χ1v) is 10.6. The second kappa shape index (κ2) is 7.98. The average molecular weight is 431 g/mol. The van der Waals surface area contributed by atoms with E-state index in [1.54, 1.807) is 17.8 Å². The summed E-state index contributed by atoms with van der Waals surface area (Å²) in [6.07, 6.45) is 0.389. The fourth-order valence-corrected chi connectivity index (χ4v) is 4.67. The van der Waals surface area contributed by atoms with Crippen LogP contribution in [0.5, 0.6) is 0 Å². The van der Waals surface area contributed by atoms with E-state index in [0.29, 0.717) is 17.6 Å². The number of rotatable bonds is 5. The molecule has 32 heavy (non-hydrogen) atoms. The van der Waals surface area contributed by atoms with Gasteiger partial charge in [-0.3, -0.25) is 4.57 Å². The van der Waals surface area contributed by atoms with Crippen molar-refractivity contribution in [3.63, 3.8) is 0 Å². The Morgan fingerprint density at radius 1 is 1.00 bits per heavy atom. The molecule has 5 rings (SSSR count). The normalized spacial score (nSPS) is 25.6. The highest BCUT2D eigenvalue weighted by Crippen LogP contribution is 2.45. The molecule has 0 radical (unpaired) electrons. The lowest BCUT2D eigenvalue weighted by molar-refractivity contribution is -0.143. The zero-order chi connectivity index (χ0) is 22.3. The lowest BCUT2D eigenvalue weighted by Crippen LogP contribution is -2.46. The maximum atomic E-state index is 11.3. The molecule has 2 aromatic heterocycles. The van der Waals surface area contributed by atoms with Gasteiger partial charge in [-0.05, 0) is 18.1 Å². The van der Waals surface area contributed by atoms with Crippen LogP contribution in [0.2, 0.25) is 0 Å². The highest BCUT2D eigenvalue weighted by Gasteiger charge is 2.55. The van der Waals surface area contributed by atoms with Crippen molar-refractivity contribution >= 4 is 17.0 Å². The molecule has 8 heteroatoms. The van der Waals surface area contributed by atoms with Gasteiger partial charge in [0, 0.05) is 12.3 Å². The Balaban J connectivity index is 1.70. The lowest BCUT2D eigenvalue weighted by Gasteiger charge is -2.37. The van der Waals surface area contributed by atoms with E-state index in [4.69, 9.17) is 10.5 Å². The molecule has 1 saturated heterocycles. The Hall–Kier alpha value is -3.33. The van der Waals surface area contributed by atoms with Crippen LogP contribution in [-0.2, 0) is 10.5 Å². The van der Waals surface area contributed by atoms with Crippen LogP contribution in [0.1, 0.15) is 30.4 Å². The Bertz CT molecular complexity index is 1180. The summed E-state index contributed by atoms with van der Waals surface area (Å²) in [6.45, 7) is 1.75. The van der Waals surface area contributed by atoms with Crippen LogP contribution >= 0.6 is 0 Å². The molecule has 4 atom stereocenters. The number of aliphatic hydroxyl groups excluding tert-OH is 2. The van der Waals surface area contributed by atoms with Crippen LogP contribution in [0.15, 0.2) is 73.3 Å². The van der Waals surface area contributed by atoms with Crippen molar-refractivity contribution in [3.05, 3.63) is 84.4 Å². The van der Waals surface area contributed by atoms with Gasteiger partial charge in [-0.1, -0.05) is 60.7 Å². The molecular weight excluding hydrogens is 406 g/mol. The predicted molar refractivity (Wildman–Crippen MR) is 120 cm³/mol. The maximum Gasteiger partial charge on any atom is 0.177 e. The van der Waals surface area contributed by atoms with E-state index >= 15 is 0 Å². The number of nitrogens with zero attached hydrogens (tertiary/aromatic N) is 4. The van der Waals surface area contributed by atoms with Crippen LogP contribution in [0, 0.1) is 0 Å². The van der Waals surface area contributed by atoms with Gasteiger partial charge in [0.2, 0.25) is 0 Å².